The minimum Gasteiger partial charge on any atom is -0.504 e. The van der Waals surface area contributed by atoms with Crippen molar-refractivity contribution in [2.45, 2.75) is 13.3 Å². The van der Waals surface area contributed by atoms with Gasteiger partial charge in [0.1, 0.15) is 0 Å². The molecule has 0 aliphatic rings. The molecule has 1 aromatic carbocycles. The minimum absolute atomic E-state index is 0.138. The molecule has 0 saturated carbocycles. The summed E-state index contributed by atoms with van der Waals surface area (Å²) in [5, 5.41) is 9.04. The highest BCUT2D eigenvalue weighted by Crippen LogP contribution is 2.24. The molecule has 13 heavy (non-hydrogen) atoms. The molecular formula is C9H8F2O2. The lowest BCUT2D eigenvalue weighted by molar-refractivity contribution is 0.0984. The van der Waals surface area contributed by atoms with Crippen LogP contribution in [0.2, 0.25) is 0 Å². The van der Waals surface area contributed by atoms with Gasteiger partial charge in [-0.15, -0.1) is 0 Å². The van der Waals surface area contributed by atoms with Crippen LogP contribution in [-0.4, -0.2) is 10.9 Å². The number of Topliss-reactive ketones (excluding diaryl/α,β-unsaturated/α-hetero) is 1. The van der Waals surface area contributed by atoms with Crippen LogP contribution in [0.5, 0.6) is 5.75 Å². The molecule has 2 nitrogen and oxygen atoms in total. The molecular weight excluding hydrogens is 178 g/mol. The first-order chi connectivity index (χ1) is 6.07. The van der Waals surface area contributed by atoms with Crippen LogP contribution in [0.3, 0.4) is 0 Å². The summed E-state index contributed by atoms with van der Waals surface area (Å²) in [5.41, 5.74) is -0.179. The largest absolute Gasteiger partial charge is 0.504 e. The number of halogens is 2. The monoisotopic (exact) mass is 186 g/mol. The normalized spacial score (nSPS) is 10.1. The number of rotatable bonds is 2. The Morgan fingerprint density at radius 2 is 2.08 bits per heavy atom. The number of phenols is 1. The summed E-state index contributed by atoms with van der Waals surface area (Å²) in [6, 6.07) is 1.89. The molecule has 1 rings (SSSR count). The lowest BCUT2D eigenvalue weighted by Gasteiger charge is -2.02. The van der Waals surface area contributed by atoms with E-state index in [4.69, 9.17) is 5.11 Å². The van der Waals surface area contributed by atoms with Gasteiger partial charge in [0.25, 0.3) is 0 Å². The minimum atomic E-state index is -1.38. The second-order valence-electron chi connectivity index (χ2n) is 2.53. The number of carbonyl (C=O) groups is 1. The third kappa shape index (κ3) is 1.66. The lowest BCUT2D eigenvalue weighted by atomic mass is 10.1. The van der Waals surface area contributed by atoms with Gasteiger partial charge in [-0.05, 0) is 12.1 Å². The second-order valence-corrected chi connectivity index (χ2v) is 2.53. The average Bonchev–Trinajstić information content (AvgIpc) is 2.13. The molecule has 0 spiro atoms. The number of ketones is 1. The SMILES string of the molecule is CCC(=O)c1ccc(F)c(F)c1O. The van der Waals surface area contributed by atoms with Gasteiger partial charge in [-0.2, -0.15) is 4.39 Å². The van der Waals surface area contributed by atoms with Crippen molar-refractivity contribution in [2.24, 2.45) is 0 Å². The van der Waals surface area contributed by atoms with E-state index in [2.05, 4.69) is 0 Å². The maximum atomic E-state index is 12.7. The van der Waals surface area contributed by atoms with Gasteiger partial charge in [0.05, 0.1) is 5.56 Å². The van der Waals surface area contributed by atoms with Gasteiger partial charge in [-0.3, -0.25) is 4.79 Å². The molecule has 0 radical (unpaired) electrons. The van der Waals surface area contributed by atoms with Gasteiger partial charge in [0.15, 0.2) is 17.3 Å². The zero-order chi connectivity index (χ0) is 10.0. The van der Waals surface area contributed by atoms with E-state index in [9.17, 15) is 13.6 Å². The molecule has 0 bridgehead atoms. The Labute approximate surface area is 73.8 Å². The smallest absolute Gasteiger partial charge is 0.201 e. The van der Waals surface area contributed by atoms with Gasteiger partial charge >= 0.3 is 0 Å². The summed E-state index contributed by atoms with van der Waals surface area (Å²) in [4.78, 5) is 11.0. The van der Waals surface area contributed by atoms with Gasteiger partial charge in [0.2, 0.25) is 5.82 Å². The first-order valence-electron chi connectivity index (χ1n) is 3.78. The molecule has 0 aromatic heterocycles. The van der Waals surface area contributed by atoms with Gasteiger partial charge in [-0.25, -0.2) is 4.39 Å². The van der Waals surface area contributed by atoms with Crippen molar-refractivity contribution in [2.75, 3.05) is 0 Å². The summed E-state index contributed by atoms with van der Waals surface area (Å²) in [7, 11) is 0. The van der Waals surface area contributed by atoms with E-state index >= 15 is 0 Å². The van der Waals surface area contributed by atoms with Crippen LogP contribution < -0.4 is 0 Å². The molecule has 0 saturated heterocycles. The summed E-state index contributed by atoms with van der Waals surface area (Å²) >= 11 is 0. The van der Waals surface area contributed by atoms with E-state index < -0.39 is 23.2 Å². The third-order valence-corrected chi connectivity index (χ3v) is 1.69. The molecule has 4 heteroatoms. The zero-order valence-corrected chi connectivity index (χ0v) is 6.97. The Hall–Kier alpha value is -1.45. The van der Waals surface area contributed by atoms with E-state index in [0.29, 0.717) is 0 Å². The molecule has 70 valence electrons. The Morgan fingerprint density at radius 1 is 1.46 bits per heavy atom. The van der Waals surface area contributed by atoms with Crippen LogP contribution in [0.4, 0.5) is 8.78 Å². The van der Waals surface area contributed by atoms with E-state index in [1.807, 2.05) is 0 Å². The molecule has 0 heterocycles. The number of hydrogen-bond acceptors (Lipinski definition) is 2. The fourth-order valence-corrected chi connectivity index (χ4v) is 0.955. The van der Waals surface area contributed by atoms with Crippen LogP contribution in [0.1, 0.15) is 23.7 Å². The Morgan fingerprint density at radius 3 is 2.62 bits per heavy atom. The average molecular weight is 186 g/mol. The molecule has 0 fully saturated rings. The highest BCUT2D eigenvalue weighted by atomic mass is 19.2. The van der Waals surface area contributed by atoms with Crippen molar-refractivity contribution < 1.29 is 18.7 Å². The maximum absolute atomic E-state index is 12.7. The molecule has 1 N–H and O–H groups in total. The third-order valence-electron chi connectivity index (χ3n) is 1.69. The number of phenolic OH excluding ortho intramolecular Hbond substituents is 1. The Balaban J connectivity index is 3.26. The van der Waals surface area contributed by atoms with E-state index in [1.54, 1.807) is 6.92 Å². The van der Waals surface area contributed by atoms with Gasteiger partial charge in [-0.1, -0.05) is 6.92 Å². The quantitative estimate of drug-likeness (QED) is 0.719. The van der Waals surface area contributed by atoms with Crippen molar-refractivity contribution in [1.29, 1.82) is 0 Å². The summed E-state index contributed by atoms with van der Waals surface area (Å²) < 4.78 is 25.2. The van der Waals surface area contributed by atoms with Crippen LogP contribution in [-0.2, 0) is 0 Å². The number of aromatic hydroxyl groups is 1. The lowest BCUT2D eigenvalue weighted by Crippen LogP contribution is -1.99. The number of hydrogen-bond donors (Lipinski definition) is 1. The zero-order valence-electron chi connectivity index (χ0n) is 6.97. The van der Waals surface area contributed by atoms with Gasteiger partial charge in [0, 0.05) is 6.42 Å². The van der Waals surface area contributed by atoms with E-state index in [0.717, 1.165) is 12.1 Å². The molecule has 1 aromatic rings. The predicted octanol–water partition coefficient (Wildman–Crippen LogP) is 2.26. The topological polar surface area (TPSA) is 37.3 Å². The van der Waals surface area contributed by atoms with Crippen LogP contribution in [0, 0.1) is 11.6 Å². The van der Waals surface area contributed by atoms with Crippen LogP contribution in [0.15, 0.2) is 12.1 Å². The number of benzene rings is 1. The van der Waals surface area contributed by atoms with Crippen molar-refractivity contribution in [1.82, 2.24) is 0 Å². The molecule has 0 atom stereocenters. The summed E-state index contributed by atoms with van der Waals surface area (Å²) in [5.74, 6) is -3.87. The summed E-state index contributed by atoms with van der Waals surface area (Å²) in [6.07, 6.45) is 0.138. The molecule has 0 amide bonds. The fourth-order valence-electron chi connectivity index (χ4n) is 0.955. The molecule has 0 unspecified atom stereocenters. The van der Waals surface area contributed by atoms with Crippen LogP contribution >= 0.6 is 0 Å². The molecule has 0 aliphatic carbocycles. The Bertz CT molecular complexity index is 348. The standard InChI is InChI=1S/C9H8F2O2/c1-2-7(12)5-3-4-6(10)8(11)9(5)13/h3-4,13H,2H2,1H3. The van der Waals surface area contributed by atoms with Crippen molar-refractivity contribution in [3.8, 4) is 5.75 Å². The highest BCUT2D eigenvalue weighted by molar-refractivity contribution is 5.98. The highest BCUT2D eigenvalue weighted by Gasteiger charge is 2.16. The maximum Gasteiger partial charge on any atom is 0.201 e. The first-order valence-corrected chi connectivity index (χ1v) is 3.78. The second kappa shape index (κ2) is 3.51. The first kappa shape index (κ1) is 9.64. The molecule has 0 aliphatic heterocycles. The van der Waals surface area contributed by atoms with E-state index in [1.165, 1.54) is 0 Å². The number of carbonyl (C=O) groups excluding carboxylic acids is 1. The van der Waals surface area contributed by atoms with Gasteiger partial charge < -0.3 is 5.11 Å². The predicted molar refractivity (Wildman–Crippen MR) is 42.6 cm³/mol. The fraction of sp³-hybridized carbons (Fsp3) is 0.222. The van der Waals surface area contributed by atoms with Crippen molar-refractivity contribution >= 4 is 5.78 Å². The van der Waals surface area contributed by atoms with E-state index in [-0.39, 0.29) is 12.0 Å². The van der Waals surface area contributed by atoms with Crippen molar-refractivity contribution in [3.05, 3.63) is 29.3 Å². The Kier molecular flexibility index (Phi) is 2.60. The van der Waals surface area contributed by atoms with Crippen LogP contribution in [0.25, 0.3) is 0 Å². The summed E-state index contributed by atoms with van der Waals surface area (Å²) in [6.45, 7) is 1.57. The van der Waals surface area contributed by atoms with Crippen molar-refractivity contribution in [3.63, 3.8) is 0 Å².